The van der Waals surface area contributed by atoms with Gasteiger partial charge in [0.25, 0.3) is 11.8 Å². The second kappa shape index (κ2) is 19.4. The van der Waals surface area contributed by atoms with E-state index in [1.54, 1.807) is 36.9 Å². The number of carbonyl (C=O) groups is 7. The van der Waals surface area contributed by atoms with Gasteiger partial charge in [0.05, 0.1) is 27.9 Å². The Hall–Kier alpha value is -7.83. The van der Waals surface area contributed by atoms with E-state index in [4.69, 9.17) is 0 Å². The Morgan fingerprint density at radius 2 is 1.77 bits per heavy atom. The van der Waals surface area contributed by atoms with Crippen molar-refractivity contribution in [1.82, 2.24) is 30.3 Å². The number of rotatable bonds is 13. The lowest BCUT2D eigenvalue weighted by Crippen LogP contribution is -2.55. The number of amidine groups is 1. The Balaban J connectivity index is 0.986. The predicted molar refractivity (Wildman–Crippen MR) is 250 cm³/mol. The number of anilines is 3. The number of hydrogen-bond donors (Lipinski definition) is 4. The number of amides is 7. The van der Waals surface area contributed by atoms with Gasteiger partial charge in [-0.3, -0.25) is 53.7 Å². The number of nitrogens with one attached hydrogen (secondary N) is 3. The van der Waals surface area contributed by atoms with Gasteiger partial charge in [0, 0.05) is 63.8 Å². The summed E-state index contributed by atoms with van der Waals surface area (Å²) >= 11 is 0. The first-order valence-corrected chi connectivity index (χ1v) is 22.6. The Morgan fingerprint density at radius 3 is 2.45 bits per heavy atom. The molecule has 0 bridgehead atoms. The molecule has 19 heteroatoms. The van der Waals surface area contributed by atoms with Crippen LogP contribution in [-0.2, 0) is 30.5 Å². The molecule has 4 aromatic rings. The van der Waals surface area contributed by atoms with Crippen LogP contribution in [0.1, 0.15) is 82.0 Å². The molecule has 69 heavy (non-hydrogen) atoms. The largest absolute Gasteiger partial charge is 0.507 e. The van der Waals surface area contributed by atoms with Crippen molar-refractivity contribution in [2.45, 2.75) is 77.5 Å². The lowest BCUT2D eigenvalue weighted by Gasteiger charge is -2.41. The highest BCUT2D eigenvalue weighted by Crippen LogP contribution is 2.40. The minimum atomic E-state index is -1.09. The fourth-order valence-electron chi connectivity index (χ4n) is 9.81. The quantitative estimate of drug-likeness (QED) is 0.0459. The van der Waals surface area contributed by atoms with Gasteiger partial charge < -0.3 is 25.5 Å². The molecule has 2 unspecified atom stereocenters. The number of aryl methyl sites for hydroxylation is 1. The maximum Gasteiger partial charge on any atom is 0.264 e. The summed E-state index contributed by atoms with van der Waals surface area (Å²) in [5, 5.41) is 19.3. The minimum absolute atomic E-state index is 0.00504. The van der Waals surface area contributed by atoms with Crippen LogP contribution in [0.3, 0.4) is 0 Å². The number of imide groups is 2. The molecule has 4 heterocycles. The first-order valence-electron chi connectivity index (χ1n) is 22.6. The maximum atomic E-state index is 16.4. The number of phenolic OH excluding ortho intramolecular Hbond substituents is 1. The summed E-state index contributed by atoms with van der Waals surface area (Å²) in [6.07, 6.45) is 3.20. The molecule has 2 saturated heterocycles. The molecule has 2 atom stereocenters. The predicted octanol–water partition coefficient (Wildman–Crippen LogP) is 5.04. The lowest BCUT2D eigenvalue weighted by molar-refractivity contribution is -0.136. The highest BCUT2D eigenvalue weighted by molar-refractivity contribution is 6.25. The topological polar surface area (TPSA) is 214 Å². The Morgan fingerprint density at radius 1 is 1.01 bits per heavy atom. The van der Waals surface area contributed by atoms with Gasteiger partial charge in [-0.05, 0) is 99.0 Å². The normalized spacial score (nSPS) is 20.3. The summed E-state index contributed by atoms with van der Waals surface area (Å²) in [5.41, 5.74) is 2.05. The molecule has 358 valence electrons. The van der Waals surface area contributed by atoms with Crippen LogP contribution in [-0.4, -0.2) is 117 Å². The minimum Gasteiger partial charge on any atom is -0.507 e. The molecule has 17 nitrogen and oxygen atoms in total. The van der Waals surface area contributed by atoms with E-state index in [1.807, 2.05) is 17.9 Å². The highest BCUT2D eigenvalue weighted by Gasteiger charge is 2.46. The van der Waals surface area contributed by atoms with Crippen molar-refractivity contribution in [3.05, 3.63) is 112 Å². The second-order valence-corrected chi connectivity index (χ2v) is 17.7. The number of pyridine rings is 1. The van der Waals surface area contributed by atoms with E-state index in [-0.39, 0.29) is 84.0 Å². The van der Waals surface area contributed by atoms with Gasteiger partial charge in [-0.15, -0.1) is 0 Å². The number of aliphatic imine (C=N–C) groups is 1. The molecular formula is C50H51F2N9O8. The van der Waals surface area contributed by atoms with E-state index in [0.717, 1.165) is 17.0 Å². The van der Waals surface area contributed by atoms with E-state index in [1.165, 1.54) is 36.2 Å². The van der Waals surface area contributed by atoms with Crippen LogP contribution in [0.5, 0.6) is 5.75 Å². The molecule has 0 spiro atoms. The molecule has 0 radical (unpaired) electrons. The van der Waals surface area contributed by atoms with Gasteiger partial charge in [0.1, 0.15) is 29.1 Å². The summed E-state index contributed by atoms with van der Waals surface area (Å²) in [7, 11) is 1.51. The Bertz CT molecular complexity index is 2840. The molecule has 1 aliphatic carbocycles. The third kappa shape index (κ3) is 9.03. The zero-order valence-electron chi connectivity index (χ0n) is 38.5. The van der Waals surface area contributed by atoms with E-state index in [0.29, 0.717) is 67.0 Å². The van der Waals surface area contributed by atoms with Gasteiger partial charge in [-0.1, -0.05) is 30.8 Å². The van der Waals surface area contributed by atoms with E-state index in [9.17, 15) is 38.7 Å². The number of piperazine rings is 1. The fourth-order valence-corrected chi connectivity index (χ4v) is 9.81. The molecule has 1 saturated carbocycles. The van der Waals surface area contributed by atoms with Crippen LogP contribution in [0, 0.1) is 31.4 Å². The molecule has 4 aliphatic rings. The van der Waals surface area contributed by atoms with Crippen molar-refractivity contribution < 1.29 is 47.4 Å². The smallest absolute Gasteiger partial charge is 0.264 e. The molecule has 3 aromatic carbocycles. The molecule has 8 rings (SSSR count). The number of carbonyl (C=O) groups excluding carboxylic acids is 7. The number of benzene rings is 3. The monoisotopic (exact) mass is 943 g/mol. The maximum absolute atomic E-state index is 16.4. The number of nitrogens with zero attached hydrogens (tertiary/aromatic N) is 6. The van der Waals surface area contributed by atoms with Gasteiger partial charge in [-0.25, -0.2) is 13.8 Å². The van der Waals surface area contributed by atoms with Gasteiger partial charge in [-0.2, -0.15) is 0 Å². The molecular weight excluding hydrogens is 893 g/mol. The van der Waals surface area contributed by atoms with Crippen LogP contribution in [0.25, 0.3) is 11.3 Å². The molecule has 3 fully saturated rings. The number of piperidine rings is 1. The van der Waals surface area contributed by atoms with Crippen molar-refractivity contribution in [2.24, 2.45) is 10.9 Å². The number of halogens is 2. The lowest BCUT2D eigenvalue weighted by atomic mass is 9.77. The zero-order chi connectivity index (χ0) is 49.4. The summed E-state index contributed by atoms with van der Waals surface area (Å²) in [6.45, 7) is 9.98. The summed E-state index contributed by atoms with van der Waals surface area (Å²) < 4.78 is 31.7. The van der Waals surface area contributed by atoms with Gasteiger partial charge in [0.15, 0.2) is 11.6 Å². The van der Waals surface area contributed by atoms with Crippen molar-refractivity contribution in [1.29, 1.82) is 0 Å². The summed E-state index contributed by atoms with van der Waals surface area (Å²) in [4.78, 5) is 105. The van der Waals surface area contributed by atoms with Crippen LogP contribution < -0.4 is 20.9 Å². The van der Waals surface area contributed by atoms with Crippen molar-refractivity contribution in [3.63, 3.8) is 0 Å². The van der Waals surface area contributed by atoms with Crippen LogP contribution in [0.4, 0.5) is 26.0 Å². The number of fused-ring (bicyclic) bond motifs is 1. The number of hydrogen-bond acceptors (Lipinski definition) is 11. The molecule has 7 amide bonds. The fraction of sp³-hybridized carbons (Fsp3) is 0.340. The molecule has 1 aromatic heterocycles. The van der Waals surface area contributed by atoms with Crippen molar-refractivity contribution in [2.75, 3.05) is 36.9 Å². The summed E-state index contributed by atoms with van der Waals surface area (Å²) in [6, 6.07) is 11.6. The highest BCUT2D eigenvalue weighted by atomic mass is 19.1. The average molecular weight is 944 g/mol. The Kier molecular flexibility index (Phi) is 13.4. The van der Waals surface area contributed by atoms with Gasteiger partial charge >= 0.3 is 0 Å². The second-order valence-electron chi connectivity index (χ2n) is 17.7. The first-order chi connectivity index (χ1) is 33.0. The standard InChI is InChI=1S/C50H51F2N9O8/c1-6-41(66)58-17-18-59(27(3)24-58)46(53-5)33-22-35(52)44(43-34(51)10-8-12-38(43)63)57-47(33)60(25-62)45-26(2)13-14-30(28(45)4)23-54-40(65)21-29-19-31(20-29)55-36-11-7-9-32-42(36)50(69)61(49(32)68)37-15-16-39(64)56-48(37)67/h6-14,22,25,27,29,31,37,55,63H,1,15-21,23-24H2,2-5H3,(H,54,65)(H,56,64,67)/b53-46+. The number of aromatic hydroxyl groups is 1. The number of phenols is 1. The Labute approximate surface area is 396 Å². The van der Waals surface area contributed by atoms with Crippen LogP contribution in [0.15, 0.2) is 72.2 Å². The molecule has 4 N–H and O–H groups in total. The van der Waals surface area contributed by atoms with Gasteiger partial charge in [0.2, 0.25) is 30.0 Å². The average Bonchev–Trinajstić information content (AvgIpc) is 3.56. The van der Waals surface area contributed by atoms with Crippen molar-refractivity contribution in [3.8, 4) is 17.0 Å². The number of aromatic nitrogens is 1. The first kappa shape index (κ1) is 47.7. The third-order valence-electron chi connectivity index (χ3n) is 13.4. The zero-order valence-corrected chi connectivity index (χ0v) is 38.5. The van der Waals surface area contributed by atoms with Crippen LogP contribution in [0.2, 0.25) is 0 Å². The third-order valence-corrected chi connectivity index (χ3v) is 13.4. The molecule has 3 aliphatic heterocycles. The van der Waals surface area contributed by atoms with Crippen molar-refractivity contribution >= 4 is 64.9 Å². The SMILES string of the molecule is C=CC(=O)N1CCN(/C(=N/C)c2cc(F)c(-c3c(O)cccc3F)nc2N(C=O)c2c(C)ccc(CNC(=O)CC3CC(Nc4cccc5c4C(=O)N(C4CCC(=O)NC4=O)C5=O)C3)c2C)C(C)C1. The van der Waals surface area contributed by atoms with E-state index >= 15 is 8.78 Å². The van der Waals surface area contributed by atoms with E-state index in [2.05, 4.69) is 32.5 Å². The summed E-state index contributed by atoms with van der Waals surface area (Å²) in [5.74, 6) is -5.16. The van der Waals surface area contributed by atoms with Crippen LogP contribution >= 0.6 is 0 Å². The van der Waals surface area contributed by atoms with E-state index < -0.39 is 58.3 Å².